The molecule has 15 heteroatoms. The number of halogens is 2. The predicted octanol–water partition coefficient (Wildman–Crippen LogP) is 6.14. The van der Waals surface area contributed by atoms with Crippen LogP contribution in [0.15, 0.2) is 59.1 Å². The molecule has 1 fully saturated rings. The maximum absolute atomic E-state index is 13.9. The molecule has 0 radical (unpaired) electrons. The van der Waals surface area contributed by atoms with E-state index in [1.165, 1.54) is 24.1 Å². The van der Waals surface area contributed by atoms with E-state index in [-0.39, 0.29) is 42.8 Å². The maximum Gasteiger partial charge on any atom is 0.414 e. The summed E-state index contributed by atoms with van der Waals surface area (Å²) in [6.07, 6.45) is -0.495. The van der Waals surface area contributed by atoms with Gasteiger partial charge in [-0.3, -0.25) is 10.1 Å². The number of likely N-dealkylation sites (N-methyl/N-ethyl adjacent to an activating group) is 1. The molecule has 5 amide bonds. The second kappa shape index (κ2) is 17.0. The Kier molecular flexibility index (Phi) is 12.8. The Morgan fingerprint density at radius 1 is 1.04 bits per heavy atom. The topological polar surface area (TPSA) is 147 Å². The molecule has 13 nitrogen and oxygen atoms in total. The Hall–Kier alpha value is -4.85. The van der Waals surface area contributed by atoms with E-state index in [1.807, 2.05) is 30.3 Å². The van der Waals surface area contributed by atoms with Crippen LogP contribution in [0.25, 0.3) is 11.3 Å². The first kappa shape index (κ1) is 37.0. The Labute approximate surface area is 289 Å². The van der Waals surface area contributed by atoms with Crippen molar-refractivity contribution in [1.82, 2.24) is 25.2 Å². The van der Waals surface area contributed by atoms with Crippen molar-refractivity contribution >= 4 is 41.6 Å². The molecule has 2 aromatic carbocycles. The molecular weight excluding hydrogens is 659 g/mol. The highest BCUT2D eigenvalue weighted by atomic mass is 35.5. The van der Waals surface area contributed by atoms with Gasteiger partial charge in [0.05, 0.1) is 11.1 Å². The quantitative estimate of drug-likeness (QED) is 0.256. The van der Waals surface area contributed by atoms with E-state index in [1.54, 1.807) is 42.7 Å². The molecule has 0 unspecified atom stereocenters. The van der Waals surface area contributed by atoms with Crippen molar-refractivity contribution in [3.63, 3.8) is 0 Å². The van der Waals surface area contributed by atoms with E-state index in [4.69, 9.17) is 25.6 Å². The molecule has 0 bridgehead atoms. The third kappa shape index (κ3) is 11.1. The van der Waals surface area contributed by atoms with Crippen LogP contribution in [0.1, 0.15) is 45.6 Å². The fraction of sp³-hybridized carbons (Fsp3) is 0.441. The first-order chi connectivity index (χ1) is 23.3. The van der Waals surface area contributed by atoms with E-state index in [9.17, 15) is 23.6 Å². The number of urea groups is 1. The molecule has 3 aromatic rings. The standard InChI is InChI=1S/C34H42ClFN6O7/c1-34(2,3)48-33(46)42-17-9-16-41(18-19-42)29(43)15-14-25(40(4)31(44)37-21-24-12-8-13-26(36)30(24)35)22-47-32(45)38-28-20-27(39-49-28)23-10-6-5-7-11-23/h5-8,10-13,20,25H,9,14-19,21-22H2,1-4H3,(H,37,44)(H,38,45)/t25-/m0/s1. The third-order valence-electron chi connectivity index (χ3n) is 7.73. The minimum Gasteiger partial charge on any atom is -0.447 e. The summed E-state index contributed by atoms with van der Waals surface area (Å²) in [5.74, 6) is -0.714. The van der Waals surface area contributed by atoms with Crippen LogP contribution < -0.4 is 10.6 Å². The van der Waals surface area contributed by atoms with Crippen LogP contribution in [0.5, 0.6) is 0 Å². The molecule has 2 heterocycles. The number of carbonyl (C=O) groups excluding carboxylic acids is 4. The SMILES string of the molecule is CN(C(=O)NCc1cccc(F)c1Cl)[C@@H](CCC(=O)N1CCCN(C(=O)OC(C)(C)C)CC1)COC(=O)Nc1cc(-c2ccccc2)no1. The molecule has 2 N–H and O–H groups in total. The lowest BCUT2D eigenvalue weighted by Crippen LogP contribution is -2.46. The van der Waals surface area contributed by atoms with Crippen molar-refractivity contribution in [2.45, 2.75) is 58.2 Å². The molecule has 264 valence electrons. The van der Waals surface area contributed by atoms with Gasteiger partial charge in [0.15, 0.2) is 0 Å². The van der Waals surface area contributed by atoms with Crippen LogP contribution in [-0.4, -0.2) is 95.5 Å². The van der Waals surface area contributed by atoms with Gasteiger partial charge in [-0.1, -0.05) is 59.2 Å². The van der Waals surface area contributed by atoms with Crippen LogP contribution >= 0.6 is 11.6 Å². The molecule has 1 saturated heterocycles. The van der Waals surface area contributed by atoms with Gasteiger partial charge in [0.2, 0.25) is 11.8 Å². The summed E-state index contributed by atoms with van der Waals surface area (Å²) in [6, 6.07) is 13.8. The van der Waals surface area contributed by atoms with Crippen molar-refractivity contribution < 1.29 is 37.6 Å². The lowest BCUT2D eigenvalue weighted by Gasteiger charge is -2.29. The molecule has 1 aliphatic heterocycles. The number of nitrogens with zero attached hydrogens (tertiary/aromatic N) is 4. The lowest BCUT2D eigenvalue weighted by molar-refractivity contribution is -0.131. The molecule has 0 spiro atoms. The Bertz CT molecular complexity index is 1600. The fourth-order valence-corrected chi connectivity index (χ4v) is 5.24. The van der Waals surface area contributed by atoms with Crippen LogP contribution in [0, 0.1) is 5.82 Å². The number of rotatable bonds is 10. The van der Waals surface area contributed by atoms with Crippen LogP contribution in [0.3, 0.4) is 0 Å². The summed E-state index contributed by atoms with van der Waals surface area (Å²) in [5, 5.41) is 9.05. The average Bonchev–Trinajstić information content (AvgIpc) is 3.38. The van der Waals surface area contributed by atoms with Gasteiger partial charge in [0.1, 0.15) is 23.7 Å². The van der Waals surface area contributed by atoms with Crippen molar-refractivity contribution in [2.75, 3.05) is 45.2 Å². The van der Waals surface area contributed by atoms with Gasteiger partial charge in [-0.2, -0.15) is 0 Å². The molecule has 0 aliphatic carbocycles. The van der Waals surface area contributed by atoms with Crippen LogP contribution in [0.2, 0.25) is 5.02 Å². The summed E-state index contributed by atoms with van der Waals surface area (Å²) in [4.78, 5) is 56.4. The zero-order valence-electron chi connectivity index (χ0n) is 28.0. The van der Waals surface area contributed by atoms with Crippen molar-refractivity contribution in [1.29, 1.82) is 0 Å². The average molecular weight is 701 g/mol. The summed E-state index contributed by atoms with van der Waals surface area (Å²) >= 11 is 6.04. The van der Waals surface area contributed by atoms with Crippen LogP contribution in [0.4, 0.5) is 24.7 Å². The highest BCUT2D eigenvalue weighted by molar-refractivity contribution is 6.31. The van der Waals surface area contributed by atoms with Gasteiger partial charge in [-0.25, -0.2) is 18.8 Å². The minimum absolute atomic E-state index is 0.0397. The largest absolute Gasteiger partial charge is 0.447 e. The molecule has 49 heavy (non-hydrogen) atoms. The van der Waals surface area contributed by atoms with E-state index < -0.39 is 35.7 Å². The third-order valence-corrected chi connectivity index (χ3v) is 8.16. The Morgan fingerprint density at radius 2 is 1.76 bits per heavy atom. The molecule has 1 aliphatic rings. The van der Waals surface area contributed by atoms with Crippen molar-refractivity contribution in [2.24, 2.45) is 0 Å². The summed E-state index contributed by atoms with van der Waals surface area (Å²) < 4.78 is 30.1. The van der Waals surface area contributed by atoms with Crippen molar-refractivity contribution in [3.05, 3.63) is 71.0 Å². The van der Waals surface area contributed by atoms with Gasteiger partial charge in [-0.15, -0.1) is 0 Å². The number of benzene rings is 2. The number of ether oxygens (including phenoxy) is 2. The van der Waals surface area contributed by atoms with Crippen LogP contribution in [-0.2, 0) is 20.8 Å². The molecular formula is C34H42ClFN6O7. The zero-order chi connectivity index (χ0) is 35.6. The number of aromatic nitrogens is 1. The lowest BCUT2D eigenvalue weighted by atomic mass is 10.1. The number of nitrogens with one attached hydrogen (secondary N) is 2. The number of hydrogen-bond acceptors (Lipinski definition) is 8. The maximum atomic E-state index is 13.9. The highest BCUT2D eigenvalue weighted by Gasteiger charge is 2.28. The minimum atomic E-state index is -0.845. The van der Waals surface area contributed by atoms with Gasteiger partial charge in [0, 0.05) is 57.8 Å². The number of hydrogen-bond donors (Lipinski definition) is 2. The molecule has 4 rings (SSSR count). The van der Waals surface area contributed by atoms with E-state index in [0.29, 0.717) is 43.9 Å². The second-order valence-corrected chi connectivity index (χ2v) is 12.9. The molecule has 1 atom stereocenters. The smallest absolute Gasteiger partial charge is 0.414 e. The highest BCUT2D eigenvalue weighted by Crippen LogP contribution is 2.22. The first-order valence-electron chi connectivity index (χ1n) is 16.0. The fourth-order valence-electron chi connectivity index (χ4n) is 5.05. The van der Waals surface area contributed by atoms with Gasteiger partial charge >= 0.3 is 18.2 Å². The molecule has 0 saturated carbocycles. The summed E-state index contributed by atoms with van der Waals surface area (Å²) in [5.41, 5.74) is 1.07. The Morgan fingerprint density at radius 3 is 2.49 bits per heavy atom. The van der Waals surface area contributed by atoms with Gasteiger partial charge in [-0.05, 0) is 45.2 Å². The van der Waals surface area contributed by atoms with Gasteiger partial charge < -0.3 is 34.0 Å². The van der Waals surface area contributed by atoms with E-state index in [2.05, 4.69) is 15.8 Å². The van der Waals surface area contributed by atoms with E-state index >= 15 is 0 Å². The normalized spacial score (nSPS) is 14.0. The van der Waals surface area contributed by atoms with Gasteiger partial charge in [0.25, 0.3) is 0 Å². The Balaban J connectivity index is 1.36. The first-order valence-corrected chi connectivity index (χ1v) is 16.3. The predicted molar refractivity (Wildman–Crippen MR) is 180 cm³/mol. The van der Waals surface area contributed by atoms with Crippen molar-refractivity contribution in [3.8, 4) is 11.3 Å². The molecule has 1 aromatic heterocycles. The summed E-state index contributed by atoms with van der Waals surface area (Å²) in [6.45, 7) is 6.65. The summed E-state index contributed by atoms with van der Waals surface area (Å²) in [7, 11) is 1.51. The number of carbonyl (C=O) groups is 4. The number of amides is 5. The second-order valence-electron chi connectivity index (χ2n) is 12.5. The van der Waals surface area contributed by atoms with E-state index in [0.717, 1.165) is 5.56 Å². The zero-order valence-corrected chi connectivity index (χ0v) is 28.8. The number of anilines is 1. The monoisotopic (exact) mass is 700 g/mol.